The summed E-state index contributed by atoms with van der Waals surface area (Å²) in [4.78, 5) is 37.9. The van der Waals surface area contributed by atoms with Crippen molar-refractivity contribution in [2.24, 2.45) is 0 Å². The number of hydrogen-bond donors (Lipinski definition) is 2. The number of halogens is 1. The van der Waals surface area contributed by atoms with Gasteiger partial charge in [-0.2, -0.15) is 0 Å². The van der Waals surface area contributed by atoms with Crippen LogP contribution in [0.1, 0.15) is 43.9 Å². The first-order valence-corrected chi connectivity index (χ1v) is 9.01. The third kappa shape index (κ3) is 4.46. The molecule has 140 valence electrons. The number of aromatic carboxylic acids is 1. The van der Waals surface area contributed by atoms with Crippen LogP contribution < -0.4 is 5.32 Å². The molecule has 1 fully saturated rings. The van der Waals surface area contributed by atoms with E-state index in [1.54, 1.807) is 41.3 Å². The summed E-state index contributed by atoms with van der Waals surface area (Å²) < 4.78 is 0. The zero-order valence-electron chi connectivity index (χ0n) is 14.5. The molecule has 0 bridgehead atoms. The van der Waals surface area contributed by atoms with Crippen molar-refractivity contribution in [2.75, 3.05) is 13.1 Å². The van der Waals surface area contributed by atoms with E-state index < -0.39 is 5.97 Å². The van der Waals surface area contributed by atoms with E-state index in [1.165, 1.54) is 12.1 Å². The highest BCUT2D eigenvalue weighted by Gasteiger charge is 2.27. The van der Waals surface area contributed by atoms with Crippen molar-refractivity contribution in [3.63, 3.8) is 0 Å². The summed E-state index contributed by atoms with van der Waals surface area (Å²) in [5.41, 5.74) is 0.725. The maximum absolute atomic E-state index is 12.7. The lowest BCUT2D eigenvalue weighted by Gasteiger charge is -2.32. The van der Waals surface area contributed by atoms with Crippen molar-refractivity contribution in [1.29, 1.82) is 0 Å². The molecule has 0 saturated carbocycles. The molecule has 27 heavy (non-hydrogen) atoms. The number of carbonyl (C=O) groups is 3. The van der Waals surface area contributed by atoms with Crippen LogP contribution in [0.3, 0.4) is 0 Å². The standard InChI is InChI=1S/C20H19ClN2O4/c21-14-7-5-13(6-8-14)18(24)22-15-9-11-23(12-10-15)19(25)16-3-1-2-4-17(16)20(26)27/h1-8,15H,9-12H2,(H,22,24)(H,26,27). The predicted octanol–water partition coefficient (Wildman–Crippen LogP) is 3.07. The van der Waals surface area contributed by atoms with Crippen LogP contribution in [-0.2, 0) is 0 Å². The first-order valence-electron chi connectivity index (χ1n) is 8.63. The Kier molecular flexibility index (Phi) is 5.76. The second-order valence-corrected chi connectivity index (χ2v) is 6.83. The Labute approximate surface area is 161 Å². The number of carbonyl (C=O) groups excluding carboxylic acids is 2. The maximum atomic E-state index is 12.7. The molecule has 7 heteroatoms. The molecule has 6 nitrogen and oxygen atoms in total. The second-order valence-electron chi connectivity index (χ2n) is 6.40. The van der Waals surface area contributed by atoms with Crippen LogP contribution in [0.2, 0.25) is 5.02 Å². The summed E-state index contributed by atoms with van der Waals surface area (Å²) in [6.07, 6.45) is 1.22. The van der Waals surface area contributed by atoms with Crippen molar-refractivity contribution in [1.82, 2.24) is 10.2 Å². The number of benzene rings is 2. The van der Waals surface area contributed by atoms with E-state index in [-0.39, 0.29) is 29.0 Å². The van der Waals surface area contributed by atoms with E-state index in [0.717, 1.165) is 0 Å². The zero-order chi connectivity index (χ0) is 19.4. The summed E-state index contributed by atoms with van der Waals surface area (Å²) in [6, 6.07) is 12.8. The number of piperidine rings is 1. The molecule has 1 saturated heterocycles. The molecule has 0 aliphatic carbocycles. The smallest absolute Gasteiger partial charge is 0.336 e. The van der Waals surface area contributed by atoms with Crippen LogP contribution in [0.25, 0.3) is 0 Å². The SMILES string of the molecule is O=C(NC1CCN(C(=O)c2ccccc2C(=O)O)CC1)c1ccc(Cl)cc1. The molecule has 0 unspecified atom stereocenters. The lowest BCUT2D eigenvalue weighted by Crippen LogP contribution is -2.46. The van der Waals surface area contributed by atoms with Gasteiger partial charge in [0.25, 0.3) is 11.8 Å². The number of hydrogen-bond acceptors (Lipinski definition) is 3. The van der Waals surface area contributed by atoms with E-state index in [2.05, 4.69) is 5.32 Å². The molecule has 1 heterocycles. The summed E-state index contributed by atoms with van der Waals surface area (Å²) in [6.45, 7) is 0.913. The maximum Gasteiger partial charge on any atom is 0.336 e. The number of likely N-dealkylation sites (tertiary alicyclic amines) is 1. The second kappa shape index (κ2) is 8.22. The molecule has 2 aromatic carbocycles. The predicted molar refractivity (Wildman–Crippen MR) is 101 cm³/mol. The van der Waals surface area contributed by atoms with Crippen molar-refractivity contribution in [3.05, 3.63) is 70.2 Å². The van der Waals surface area contributed by atoms with Gasteiger partial charge in [0.2, 0.25) is 0 Å². The van der Waals surface area contributed by atoms with Crippen molar-refractivity contribution < 1.29 is 19.5 Å². The van der Waals surface area contributed by atoms with Gasteiger partial charge in [0.1, 0.15) is 0 Å². The fourth-order valence-corrected chi connectivity index (χ4v) is 3.25. The molecule has 0 radical (unpaired) electrons. The first-order chi connectivity index (χ1) is 13.0. The van der Waals surface area contributed by atoms with Gasteiger partial charge >= 0.3 is 5.97 Å². The average molecular weight is 387 g/mol. The van der Waals surface area contributed by atoms with Gasteiger partial charge in [0, 0.05) is 29.7 Å². The largest absolute Gasteiger partial charge is 0.478 e. The van der Waals surface area contributed by atoms with Gasteiger partial charge in [-0.1, -0.05) is 23.7 Å². The van der Waals surface area contributed by atoms with Gasteiger partial charge < -0.3 is 15.3 Å². The molecule has 2 aromatic rings. The normalized spacial score (nSPS) is 14.6. The number of rotatable bonds is 4. The fourth-order valence-electron chi connectivity index (χ4n) is 3.12. The Bertz CT molecular complexity index is 859. The molecule has 1 aliphatic rings. The Morgan fingerprint density at radius 3 is 2.15 bits per heavy atom. The summed E-state index contributed by atoms with van der Waals surface area (Å²) in [5, 5.41) is 12.8. The molecule has 3 rings (SSSR count). The third-order valence-corrected chi connectivity index (χ3v) is 4.86. The molecule has 1 aliphatic heterocycles. The van der Waals surface area contributed by atoms with Crippen molar-refractivity contribution in [3.8, 4) is 0 Å². The number of carboxylic acids is 1. The lowest BCUT2D eigenvalue weighted by molar-refractivity contribution is 0.0654. The van der Waals surface area contributed by atoms with Crippen molar-refractivity contribution in [2.45, 2.75) is 18.9 Å². The highest BCUT2D eigenvalue weighted by Crippen LogP contribution is 2.18. The van der Waals surface area contributed by atoms with E-state index in [4.69, 9.17) is 11.6 Å². The molecule has 2 amide bonds. The van der Waals surface area contributed by atoms with E-state index >= 15 is 0 Å². The molecule has 2 N–H and O–H groups in total. The van der Waals surface area contributed by atoms with Crippen LogP contribution in [0, 0.1) is 0 Å². The number of nitrogens with zero attached hydrogens (tertiary/aromatic N) is 1. The fraction of sp³-hybridized carbons (Fsp3) is 0.250. The van der Waals surface area contributed by atoms with E-state index in [1.807, 2.05) is 0 Å². The monoisotopic (exact) mass is 386 g/mol. The zero-order valence-corrected chi connectivity index (χ0v) is 15.3. The Hall–Kier alpha value is -2.86. The van der Waals surface area contributed by atoms with Gasteiger partial charge in [-0.05, 0) is 49.2 Å². The molecular formula is C20H19ClN2O4. The Morgan fingerprint density at radius 2 is 1.56 bits per heavy atom. The molecule has 0 atom stereocenters. The van der Waals surface area contributed by atoms with Gasteiger partial charge in [-0.3, -0.25) is 9.59 Å². The Balaban J connectivity index is 1.59. The van der Waals surface area contributed by atoms with Gasteiger partial charge in [0.15, 0.2) is 0 Å². The average Bonchev–Trinajstić information content (AvgIpc) is 2.68. The van der Waals surface area contributed by atoms with Gasteiger partial charge in [-0.25, -0.2) is 4.79 Å². The summed E-state index contributed by atoms with van der Waals surface area (Å²) >= 11 is 5.83. The summed E-state index contributed by atoms with van der Waals surface area (Å²) in [5.74, 6) is -1.59. The van der Waals surface area contributed by atoms with E-state index in [9.17, 15) is 19.5 Å². The topological polar surface area (TPSA) is 86.7 Å². The van der Waals surface area contributed by atoms with Gasteiger partial charge in [0.05, 0.1) is 11.1 Å². The minimum Gasteiger partial charge on any atom is -0.478 e. The van der Waals surface area contributed by atoms with Crippen LogP contribution in [0.4, 0.5) is 0 Å². The minimum atomic E-state index is -1.12. The van der Waals surface area contributed by atoms with Crippen LogP contribution in [-0.4, -0.2) is 46.9 Å². The Morgan fingerprint density at radius 1 is 0.963 bits per heavy atom. The highest BCUT2D eigenvalue weighted by atomic mass is 35.5. The first kappa shape index (κ1) is 18.9. The number of carboxylic acid groups (broad SMARTS) is 1. The lowest BCUT2D eigenvalue weighted by atomic mass is 10.0. The van der Waals surface area contributed by atoms with E-state index in [0.29, 0.717) is 36.5 Å². The van der Waals surface area contributed by atoms with Crippen LogP contribution in [0.15, 0.2) is 48.5 Å². The molecular weight excluding hydrogens is 368 g/mol. The third-order valence-electron chi connectivity index (χ3n) is 4.61. The van der Waals surface area contributed by atoms with Crippen LogP contribution in [0.5, 0.6) is 0 Å². The molecule has 0 aromatic heterocycles. The van der Waals surface area contributed by atoms with Crippen molar-refractivity contribution >= 4 is 29.4 Å². The molecule has 0 spiro atoms. The highest BCUT2D eigenvalue weighted by molar-refractivity contribution is 6.30. The summed E-state index contributed by atoms with van der Waals surface area (Å²) in [7, 11) is 0. The van der Waals surface area contributed by atoms with Crippen LogP contribution >= 0.6 is 11.6 Å². The van der Waals surface area contributed by atoms with Gasteiger partial charge in [-0.15, -0.1) is 0 Å². The number of amides is 2. The number of nitrogens with one attached hydrogen (secondary N) is 1. The minimum absolute atomic E-state index is 0.000615. The quantitative estimate of drug-likeness (QED) is 0.845.